The van der Waals surface area contributed by atoms with E-state index in [0.29, 0.717) is 17.5 Å². The van der Waals surface area contributed by atoms with Gasteiger partial charge in [0, 0.05) is 33.6 Å². The number of nitrogens with zero attached hydrogens (tertiary/aromatic N) is 4. The maximum atomic E-state index is 5.37. The van der Waals surface area contributed by atoms with Crippen molar-refractivity contribution >= 4 is 0 Å². The van der Waals surface area contributed by atoms with Crippen LogP contribution in [0.2, 0.25) is 0 Å². The fourth-order valence-electron chi connectivity index (χ4n) is 7.57. The summed E-state index contributed by atoms with van der Waals surface area (Å²) in [5.41, 5.74) is 16.0. The van der Waals surface area contributed by atoms with Crippen molar-refractivity contribution in [3.05, 3.63) is 180 Å². The van der Waals surface area contributed by atoms with Gasteiger partial charge in [-0.1, -0.05) is 175 Å². The van der Waals surface area contributed by atoms with Gasteiger partial charge in [0.15, 0.2) is 17.5 Å². The van der Waals surface area contributed by atoms with E-state index in [2.05, 4.69) is 194 Å². The molecule has 0 unspecified atom stereocenters. The van der Waals surface area contributed by atoms with Crippen molar-refractivity contribution in [1.29, 1.82) is 0 Å². The van der Waals surface area contributed by atoms with E-state index in [1.54, 1.807) is 0 Å². The van der Waals surface area contributed by atoms with Crippen LogP contribution in [-0.2, 0) is 10.8 Å². The summed E-state index contributed by atoms with van der Waals surface area (Å²) in [5.74, 6) is 1.84. The zero-order valence-electron chi connectivity index (χ0n) is 34.8. The highest BCUT2D eigenvalue weighted by Gasteiger charge is 2.23. The Morgan fingerprint density at radius 3 is 1.21 bits per heavy atom. The smallest absolute Gasteiger partial charge is 0.164 e. The molecule has 0 saturated heterocycles. The molecule has 4 nitrogen and oxygen atoms in total. The molecule has 58 heavy (non-hydrogen) atoms. The fraction of sp³-hybridized carbons (Fsp3) is 0.185. The maximum Gasteiger partial charge on any atom is 0.164 e. The van der Waals surface area contributed by atoms with Crippen LogP contribution >= 0.6 is 0 Å². The van der Waals surface area contributed by atoms with Gasteiger partial charge in [-0.3, -0.25) is 4.98 Å². The summed E-state index contributed by atoms with van der Waals surface area (Å²) in [6, 6.07) is 55.8. The van der Waals surface area contributed by atoms with E-state index in [1.165, 1.54) is 11.1 Å². The molecule has 8 aromatic rings. The van der Waals surface area contributed by atoms with E-state index in [-0.39, 0.29) is 10.8 Å². The van der Waals surface area contributed by atoms with Crippen molar-refractivity contribution < 1.29 is 0 Å². The van der Waals surface area contributed by atoms with Gasteiger partial charge in [0.25, 0.3) is 0 Å². The van der Waals surface area contributed by atoms with E-state index >= 15 is 0 Å². The van der Waals surface area contributed by atoms with Crippen LogP contribution in [0.5, 0.6) is 0 Å². The second kappa shape index (κ2) is 15.4. The first-order chi connectivity index (χ1) is 27.8. The Morgan fingerprint density at radius 1 is 0.310 bits per heavy atom. The summed E-state index contributed by atoms with van der Waals surface area (Å²) in [5, 5.41) is 0. The second-order valence-corrected chi connectivity index (χ2v) is 17.3. The summed E-state index contributed by atoms with van der Waals surface area (Å²) in [6.07, 6.45) is 0. The Balaban J connectivity index is 1.43. The van der Waals surface area contributed by atoms with Gasteiger partial charge >= 0.3 is 0 Å². The average molecular weight is 755 g/mol. The van der Waals surface area contributed by atoms with Crippen molar-refractivity contribution in [3.8, 4) is 78.7 Å². The third kappa shape index (κ3) is 8.01. The molecule has 0 bridgehead atoms. The molecule has 286 valence electrons. The molecule has 2 heterocycles. The first kappa shape index (κ1) is 38.4. The number of aromatic nitrogens is 4. The lowest BCUT2D eigenvalue weighted by atomic mass is 9.78. The molecule has 0 aliphatic rings. The van der Waals surface area contributed by atoms with E-state index in [1.807, 2.05) is 19.1 Å². The molecular weight excluding hydrogens is 705 g/mol. The highest BCUT2D eigenvalue weighted by Crippen LogP contribution is 2.40. The number of pyridine rings is 1. The number of hydrogen-bond acceptors (Lipinski definition) is 4. The SMILES string of the molecule is Cc1ccc(-c2cc(-c3cc(C(C)(C)C)cc(C(C)(C)C)c3)cc(-c3nc(-c4ccccc4-c4ccccc4)nc(-c4ccccc4-c4ccccc4)n3)c2)c(C)n1. The van der Waals surface area contributed by atoms with Gasteiger partial charge in [0.2, 0.25) is 0 Å². The maximum absolute atomic E-state index is 5.37. The molecule has 0 spiro atoms. The van der Waals surface area contributed by atoms with Crippen molar-refractivity contribution in [2.45, 2.75) is 66.2 Å². The van der Waals surface area contributed by atoms with Crippen LogP contribution in [0.4, 0.5) is 0 Å². The zero-order valence-corrected chi connectivity index (χ0v) is 34.8. The van der Waals surface area contributed by atoms with Gasteiger partial charge in [-0.15, -0.1) is 0 Å². The Hall–Kier alpha value is -6.52. The number of benzene rings is 6. The van der Waals surface area contributed by atoms with Crippen LogP contribution in [0.25, 0.3) is 78.7 Å². The van der Waals surface area contributed by atoms with Crippen molar-refractivity contribution in [1.82, 2.24) is 19.9 Å². The minimum absolute atomic E-state index is 0.0375. The molecule has 0 N–H and O–H groups in total. The van der Waals surface area contributed by atoms with Crippen LogP contribution < -0.4 is 0 Å². The van der Waals surface area contributed by atoms with E-state index in [4.69, 9.17) is 19.9 Å². The molecular formula is C54H50N4. The first-order valence-corrected chi connectivity index (χ1v) is 20.1. The molecule has 0 saturated carbocycles. The molecule has 6 aromatic carbocycles. The summed E-state index contributed by atoms with van der Waals surface area (Å²) in [6.45, 7) is 17.9. The normalized spacial score (nSPS) is 11.8. The topological polar surface area (TPSA) is 51.6 Å². The molecule has 2 aromatic heterocycles. The summed E-state index contributed by atoms with van der Waals surface area (Å²) in [7, 11) is 0. The lowest BCUT2D eigenvalue weighted by Crippen LogP contribution is -2.16. The molecule has 0 amide bonds. The zero-order chi connectivity index (χ0) is 40.6. The largest absolute Gasteiger partial charge is 0.258 e. The minimum Gasteiger partial charge on any atom is -0.258 e. The Bertz CT molecular complexity index is 2620. The van der Waals surface area contributed by atoms with Gasteiger partial charge in [-0.25, -0.2) is 15.0 Å². The predicted molar refractivity (Wildman–Crippen MR) is 243 cm³/mol. The highest BCUT2D eigenvalue weighted by atomic mass is 15.0. The van der Waals surface area contributed by atoms with Gasteiger partial charge < -0.3 is 0 Å². The minimum atomic E-state index is -0.0375. The van der Waals surface area contributed by atoms with Gasteiger partial charge in [-0.2, -0.15) is 0 Å². The molecule has 0 aliphatic carbocycles. The standard InChI is InChI=1S/C54H50N4/c1-35-27-28-45(36(2)55-35)41-29-39(40-32-43(53(3,4)5)34-44(33-40)54(6,7)8)30-42(31-41)50-56-51(48-25-17-15-23-46(48)37-19-11-9-12-20-37)58-52(57-50)49-26-18-16-24-47(49)38-21-13-10-14-22-38/h9-34H,1-8H3. The molecule has 8 rings (SSSR count). The average Bonchev–Trinajstić information content (AvgIpc) is 3.23. The first-order valence-electron chi connectivity index (χ1n) is 20.1. The lowest BCUT2D eigenvalue weighted by molar-refractivity contribution is 0.569. The van der Waals surface area contributed by atoms with Crippen LogP contribution in [0.15, 0.2) is 158 Å². The number of hydrogen-bond donors (Lipinski definition) is 0. The van der Waals surface area contributed by atoms with Crippen molar-refractivity contribution in [3.63, 3.8) is 0 Å². The van der Waals surface area contributed by atoms with Gasteiger partial charge in [0.1, 0.15) is 0 Å². The Labute approximate surface area is 343 Å². The molecule has 0 aliphatic heterocycles. The fourth-order valence-corrected chi connectivity index (χ4v) is 7.57. The number of aryl methyl sites for hydroxylation is 2. The number of rotatable bonds is 7. The molecule has 0 fully saturated rings. The Kier molecular flexibility index (Phi) is 10.2. The van der Waals surface area contributed by atoms with Crippen LogP contribution in [-0.4, -0.2) is 19.9 Å². The second-order valence-electron chi connectivity index (χ2n) is 17.3. The molecule has 0 atom stereocenters. The van der Waals surface area contributed by atoms with Crippen molar-refractivity contribution in [2.75, 3.05) is 0 Å². The lowest BCUT2D eigenvalue weighted by Gasteiger charge is -2.26. The quantitative estimate of drug-likeness (QED) is 0.163. The third-order valence-corrected chi connectivity index (χ3v) is 10.9. The van der Waals surface area contributed by atoms with Crippen LogP contribution in [0.1, 0.15) is 64.1 Å². The van der Waals surface area contributed by atoms with E-state index < -0.39 is 0 Å². The summed E-state index contributed by atoms with van der Waals surface area (Å²) in [4.78, 5) is 20.9. The monoisotopic (exact) mass is 754 g/mol. The van der Waals surface area contributed by atoms with E-state index in [0.717, 1.165) is 72.6 Å². The van der Waals surface area contributed by atoms with Gasteiger partial charge in [0.05, 0.1) is 0 Å². The van der Waals surface area contributed by atoms with Crippen LogP contribution in [0.3, 0.4) is 0 Å². The summed E-state index contributed by atoms with van der Waals surface area (Å²) >= 11 is 0. The van der Waals surface area contributed by atoms with Crippen LogP contribution in [0, 0.1) is 13.8 Å². The molecule has 4 heteroatoms. The predicted octanol–water partition coefficient (Wildman–Crippen LogP) is 14.1. The Morgan fingerprint density at radius 2 is 0.724 bits per heavy atom. The molecule has 0 radical (unpaired) electrons. The highest BCUT2D eigenvalue weighted by molar-refractivity contribution is 5.86. The summed E-state index contributed by atoms with van der Waals surface area (Å²) < 4.78 is 0. The third-order valence-electron chi connectivity index (χ3n) is 10.9. The van der Waals surface area contributed by atoms with Gasteiger partial charge in [-0.05, 0) is 99.0 Å². The van der Waals surface area contributed by atoms with E-state index in [9.17, 15) is 0 Å². The van der Waals surface area contributed by atoms with Crippen molar-refractivity contribution in [2.24, 2.45) is 0 Å².